The van der Waals surface area contributed by atoms with E-state index in [9.17, 15) is 14.7 Å². The molecule has 0 spiro atoms. The number of piperidine rings is 1. The topological polar surface area (TPSA) is 98.8 Å². The molecule has 8 nitrogen and oxygen atoms in total. The van der Waals surface area contributed by atoms with Crippen LogP contribution in [-0.2, 0) is 9.53 Å². The lowest BCUT2D eigenvalue weighted by Crippen LogP contribution is -2.62. The van der Waals surface area contributed by atoms with E-state index in [-0.39, 0.29) is 24.0 Å². The zero-order valence-corrected chi connectivity index (χ0v) is 20.5. The number of likely N-dealkylation sites (tertiary alicyclic amines) is 1. The largest absolute Gasteiger partial charge is 0.383 e. The van der Waals surface area contributed by atoms with Gasteiger partial charge in [-0.1, -0.05) is 36.4 Å². The van der Waals surface area contributed by atoms with Gasteiger partial charge in [0.05, 0.1) is 24.3 Å². The van der Waals surface area contributed by atoms with Crippen molar-refractivity contribution in [2.45, 2.75) is 31.1 Å². The number of thioether (sulfide) groups is 1. The van der Waals surface area contributed by atoms with Crippen LogP contribution in [0.4, 0.5) is 0 Å². The van der Waals surface area contributed by atoms with Gasteiger partial charge in [0.2, 0.25) is 0 Å². The molecule has 1 unspecified atom stereocenters. The lowest BCUT2D eigenvalue weighted by atomic mass is 9.97. The van der Waals surface area contributed by atoms with E-state index in [1.165, 1.54) is 0 Å². The van der Waals surface area contributed by atoms with Crippen LogP contribution < -0.4 is 0 Å². The third-order valence-electron chi connectivity index (χ3n) is 6.91. The van der Waals surface area contributed by atoms with Crippen molar-refractivity contribution in [2.24, 2.45) is 0 Å². The molecule has 0 aliphatic carbocycles. The number of nitrogens with zero attached hydrogens (tertiary/aromatic N) is 3. The van der Waals surface area contributed by atoms with Gasteiger partial charge in [-0.25, -0.2) is 0 Å². The fourth-order valence-corrected chi connectivity index (χ4v) is 5.50. The summed E-state index contributed by atoms with van der Waals surface area (Å²) in [6, 6.07) is 15.9. The van der Waals surface area contributed by atoms with Crippen molar-refractivity contribution in [3.05, 3.63) is 54.2 Å². The first-order chi connectivity index (χ1) is 17.1. The second kappa shape index (κ2) is 10.4. The summed E-state index contributed by atoms with van der Waals surface area (Å²) in [5.41, 5.74) is 3.37. The summed E-state index contributed by atoms with van der Waals surface area (Å²) in [6.07, 6.45) is 1.75. The van der Waals surface area contributed by atoms with Crippen LogP contribution in [0.5, 0.6) is 0 Å². The Morgan fingerprint density at radius 3 is 2.83 bits per heavy atom. The van der Waals surface area contributed by atoms with E-state index in [1.54, 1.807) is 21.6 Å². The van der Waals surface area contributed by atoms with Gasteiger partial charge < -0.3 is 19.6 Å². The minimum absolute atomic E-state index is 0.131. The number of carbonyl (C=O) groups excluding carboxylic acids is 2. The summed E-state index contributed by atoms with van der Waals surface area (Å²) >= 11 is 1.61. The number of nitrogens with one attached hydrogen (secondary N) is 1. The van der Waals surface area contributed by atoms with Gasteiger partial charge in [0, 0.05) is 25.0 Å². The van der Waals surface area contributed by atoms with Gasteiger partial charge in [0.25, 0.3) is 11.8 Å². The summed E-state index contributed by atoms with van der Waals surface area (Å²) in [7, 11) is 0. The second-order valence-electron chi connectivity index (χ2n) is 9.04. The molecular formula is C26H30N4O4S. The number of aliphatic hydroxyl groups excluding tert-OH is 1. The molecule has 35 heavy (non-hydrogen) atoms. The summed E-state index contributed by atoms with van der Waals surface area (Å²) in [4.78, 5) is 29.8. The Morgan fingerprint density at radius 1 is 1.20 bits per heavy atom. The van der Waals surface area contributed by atoms with Crippen molar-refractivity contribution < 1.29 is 19.4 Å². The molecule has 2 aliphatic rings. The zero-order chi connectivity index (χ0) is 24.4. The molecule has 0 radical (unpaired) electrons. The Bertz CT molecular complexity index is 1200. The highest BCUT2D eigenvalue weighted by molar-refractivity contribution is 7.98. The van der Waals surface area contributed by atoms with Gasteiger partial charge in [-0.05, 0) is 48.1 Å². The van der Waals surface area contributed by atoms with E-state index in [4.69, 9.17) is 4.74 Å². The van der Waals surface area contributed by atoms with Crippen LogP contribution in [0.25, 0.3) is 22.0 Å². The number of hydrogen-bond acceptors (Lipinski definition) is 6. The molecule has 3 heterocycles. The van der Waals surface area contributed by atoms with E-state index < -0.39 is 6.10 Å². The van der Waals surface area contributed by atoms with Crippen molar-refractivity contribution in [1.29, 1.82) is 0 Å². The molecule has 0 saturated carbocycles. The molecule has 0 bridgehead atoms. The first-order valence-electron chi connectivity index (χ1n) is 12.0. The highest BCUT2D eigenvalue weighted by Crippen LogP contribution is 2.28. The zero-order valence-electron chi connectivity index (χ0n) is 19.7. The molecule has 2 fully saturated rings. The number of ether oxygens (including phenoxy) is 1. The number of fused-ring (bicyclic) bond motifs is 2. The van der Waals surface area contributed by atoms with Crippen LogP contribution >= 0.6 is 11.8 Å². The standard InChI is InChI=1S/C26H30N4O4S/c1-35-14-10-22(31)25(32)30-12-13-34-23-16-29(11-9-21(23)30)26(33)24-19-8-7-18(15-20(19)27-28-24)17-5-3-2-4-6-17/h2-8,15,21-23,31H,9-14,16H2,1H3,(H,27,28)/t21-,22?,23-/m0/s1. The van der Waals surface area contributed by atoms with Gasteiger partial charge >= 0.3 is 0 Å². The number of carbonyl (C=O) groups is 2. The summed E-state index contributed by atoms with van der Waals surface area (Å²) in [5.74, 6) is 0.358. The molecule has 2 amide bonds. The molecule has 2 N–H and O–H groups in total. The third kappa shape index (κ3) is 4.80. The van der Waals surface area contributed by atoms with Crippen LogP contribution in [0.1, 0.15) is 23.3 Å². The van der Waals surface area contributed by atoms with Gasteiger partial charge in [-0.3, -0.25) is 14.7 Å². The van der Waals surface area contributed by atoms with Gasteiger partial charge in [-0.15, -0.1) is 0 Å². The Morgan fingerprint density at radius 2 is 2.03 bits per heavy atom. The fourth-order valence-electron chi connectivity index (χ4n) is 5.04. The SMILES string of the molecule is CSCCC(O)C(=O)N1CCO[C@H]2CN(C(=O)c3n[nH]c4cc(-c5ccccc5)ccc34)CC[C@@H]21. The van der Waals surface area contributed by atoms with E-state index >= 15 is 0 Å². The maximum atomic E-state index is 13.4. The maximum Gasteiger partial charge on any atom is 0.275 e. The Kier molecular flexibility index (Phi) is 7.08. The van der Waals surface area contributed by atoms with Crippen molar-refractivity contribution in [2.75, 3.05) is 38.2 Å². The van der Waals surface area contributed by atoms with Crippen LogP contribution in [0.3, 0.4) is 0 Å². The molecule has 5 rings (SSSR count). The number of aromatic nitrogens is 2. The quantitative estimate of drug-likeness (QED) is 0.547. The molecule has 2 aliphatic heterocycles. The molecule has 3 atom stereocenters. The predicted octanol–water partition coefficient (Wildman–Crippen LogP) is 2.79. The van der Waals surface area contributed by atoms with Crippen LogP contribution in [0, 0.1) is 0 Å². The third-order valence-corrected chi connectivity index (χ3v) is 7.56. The summed E-state index contributed by atoms with van der Waals surface area (Å²) < 4.78 is 5.97. The van der Waals surface area contributed by atoms with E-state index in [0.717, 1.165) is 27.8 Å². The van der Waals surface area contributed by atoms with E-state index in [2.05, 4.69) is 10.2 Å². The number of rotatable bonds is 6. The number of aliphatic hydroxyl groups is 1. The van der Waals surface area contributed by atoms with Crippen molar-refractivity contribution >= 4 is 34.5 Å². The molecule has 2 aromatic carbocycles. The van der Waals surface area contributed by atoms with Gasteiger partial charge in [0.1, 0.15) is 6.10 Å². The van der Waals surface area contributed by atoms with Gasteiger partial charge in [0.15, 0.2) is 5.69 Å². The normalized spacial score (nSPS) is 21.1. The number of hydrogen-bond donors (Lipinski definition) is 2. The number of H-pyrrole nitrogens is 1. The highest BCUT2D eigenvalue weighted by Gasteiger charge is 2.42. The lowest BCUT2D eigenvalue weighted by Gasteiger charge is -2.47. The van der Waals surface area contributed by atoms with Crippen LogP contribution in [0.15, 0.2) is 48.5 Å². The number of amides is 2. The average Bonchev–Trinajstić information content (AvgIpc) is 3.34. The molecular weight excluding hydrogens is 464 g/mol. The molecule has 9 heteroatoms. The van der Waals surface area contributed by atoms with Crippen molar-refractivity contribution in [3.63, 3.8) is 0 Å². The van der Waals surface area contributed by atoms with Crippen LogP contribution in [0.2, 0.25) is 0 Å². The summed E-state index contributed by atoms with van der Waals surface area (Å²) in [6.45, 7) is 1.77. The fraction of sp³-hybridized carbons (Fsp3) is 0.423. The molecule has 3 aromatic rings. The monoisotopic (exact) mass is 494 g/mol. The predicted molar refractivity (Wildman–Crippen MR) is 136 cm³/mol. The summed E-state index contributed by atoms with van der Waals surface area (Å²) in [5, 5.41) is 18.5. The molecule has 184 valence electrons. The first-order valence-corrected chi connectivity index (χ1v) is 13.4. The molecule has 1 aromatic heterocycles. The maximum absolute atomic E-state index is 13.4. The number of morpholine rings is 1. The Balaban J connectivity index is 1.29. The highest BCUT2D eigenvalue weighted by atomic mass is 32.2. The van der Waals surface area contributed by atoms with Crippen molar-refractivity contribution in [1.82, 2.24) is 20.0 Å². The Labute approximate surface area is 208 Å². The first kappa shape index (κ1) is 23.8. The van der Waals surface area contributed by atoms with Crippen LogP contribution in [-0.4, -0.2) is 93.4 Å². The lowest BCUT2D eigenvalue weighted by molar-refractivity contribution is -0.159. The molecule has 2 saturated heterocycles. The van der Waals surface area contributed by atoms with Gasteiger partial charge in [-0.2, -0.15) is 16.9 Å². The average molecular weight is 495 g/mol. The Hall–Kier alpha value is -2.88. The second-order valence-corrected chi connectivity index (χ2v) is 10.0. The van der Waals surface area contributed by atoms with E-state index in [0.29, 0.717) is 44.8 Å². The van der Waals surface area contributed by atoms with Crippen molar-refractivity contribution in [3.8, 4) is 11.1 Å². The smallest absolute Gasteiger partial charge is 0.275 e. The number of aromatic amines is 1. The van der Waals surface area contributed by atoms with E-state index in [1.807, 2.05) is 54.8 Å². The minimum atomic E-state index is -0.989. The number of benzene rings is 2. The minimum Gasteiger partial charge on any atom is -0.383 e.